The van der Waals surface area contributed by atoms with E-state index in [1.54, 1.807) is 11.3 Å². The van der Waals surface area contributed by atoms with E-state index in [9.17, 15) is 4.79 Å². The van der Waals surface area contributed by atoms with Gasteiger partial charge in [0.25, 0.3) is 0 Å². The first-order valence-corrected chi connectivity index (χ1v) is 12.7. The van der Waals surface area contributed by atoms with Crippen molar-refractivity contribution in [3.8, 4) is 11.8 Å². The number of ether oxygens (including phenoxy) is 1. The second-order valence-corrected chi connectivity index (χ2v) is 9.39. The van der Waals surface area contributed by atoms with Crippen LogP contribution in [0.15, 0.2) is 39.5 Å². The summed E-state index contributed by atoms with van der Waals surface area (Å²) in [6.45, 7) is 4.44. The summed E-state index contributed by atoms with van der Waals surface area (Å²) in [6.07, 6.45) is 14.8. The second kappa shape index (κ2) is 12.7. The number of thiophene rings is 1. The molecule has 3 aromatic rings. The quantitative estimate of drug-likeness (QED) is 0.237. The molecule has 0 N–H and O–H groups in total. The molecular weight excluding hydrogens is 406 g/mol. The Balaban J connectivity index is 1.53. The second-order valence-electron chi connectivity index (χ2n) is 8.27. The third kappa shape index (κ3) is 7.49. The lowest BCUT2D eigenvalue weighted by atomic mass is 10.1. The monoisotopic (exact) mass is 441 g/mol. The number of hydrogen-bond acceptors (Lipinski definition) is 5. The van der Waals surface area contributed by atoms with Crippen molar-refractivity contribution in [1.29, 1.82) is 0 Å². The Hall–Kier alpha value is -2.14. The lowest BCUT2D eigenvalue weighted by Gasteiger charge is -2.04. The van der Waals surface area contributed by atoms with Gasteiger partial charge in [-0.1, -0.05) is 77.3 Å². The van der Waals surface area contributed by atoms with E-state index >= 15 is 0 Å². The topological polar surface area (TPSA) is 52.3 Å². The Bertz CT molecular complexity index is 974. The van der Waals surface area contributed by atoms with Crippen molar-refractivity contribution in [2.75, 3.05) is 0 Å². The van der Waals surface area contributed by atoms with Gasteiger partial charge in [0.05, 0.1) is 5.39 Å². The van der Waals surface area contributed by atoms with E-state index in [4.69, 9.17) is 9.15 Å². The zero-order valence-electron chi connectivity index (χ0n) is 19.0. The van der Waals surface area contributed by atoms with Crippen LogP contribution in [0.4, 0.5) is 0 Å². The van der Waals surface area contributed by atoms with Crippen molar-refractivity contribution in [2.24, 2.45) is 0 Å². The molecule has 31 heavy (non-hydrogen) atoms. The van der Waals surface area contributed by atoms with Crippen LogP contribution in [0.25, 0.3) is 10.2 Å². The minimum absolute atomic E-state index is 0.0132. The zero-order chi connectivity index (χ0) is 21.9. The van der Waals surface area contributed by atoms with Crippen LogP contribution in [0.3, 0.4) is 0 Å². The fourth-order valence-electron chi connectivity index (χ4n) is 3.71. The Morgan fingerprint density at radius 2 is 1.55 bits per heavy atom. The van der Waals surface area contributed by atoms with Crippen LogP contribution in [0.5, 0.6) is 11.8 Å². The normalized spacial score (nSPS) is 11.3. The maximum Gasteiger partial charge on any atom is 0.403 e. The Labute approximate surface area is 189 Å². The van der Waals surface area contributed by atoms with Gasteiger partial charge in [0.2, 0.25) is 0 Å². The van der Waals surface area contributed by atoms with E-state index in [-0.39, 0.29) is 11.7 Å². The Morgan fingerprint density at radius 3 is 2.26 bits per heavy atom. The molecule has 0 unspecified atom stereocenters. The van der Waals surface area contributed by atoms with Crippen molar-refractivity contribution in [2.45, 2.75) is 90.9 Å². The van der Waals surface area contributed by atoms with Gasteiger partial charge in [-0.05, 0) is 49.4 Å². The molecule has 0 aliphatic rings. The van der Waals surface area contributed by atoms with E-state index in [1.807, 2.05) is 18.2 Å². The molecule has 5 heteroatoms. The van der Waals surface area contributed by atoms with Crippen LogP contribution in [0.1, 0.15) is 88.5 Å². The molecule has 0 saturated heterocycles. The third-order valence-electron chi connectivity index (χ3n) is 5.58. The van der Waals surface area contributed by atoms with E-state index < -0.39 is 0 Å². The summed E-state index contributed by atoms with van der Waals surface area (Å²) in [5.74, 6) is 0.631. The van der Waals surface area contributed by atoms with Gasteiger partial charge in [-0.2, -0.15) is 4.98 Å². The smallest absolute Gasteiger partial charge is 0.403 e. The summed E-state index contributed by atoms with van der Waals surface area (Å²) in [6, 6.07) is 9.84. The molecule has 0 fully saturated rings. The number of hydrogen-bond donors (Lipinski definition) is 0. The van der Waals surface area contributed by atoms with Crippen molar-refractivity contribution in [3.63, 3.8) is 0 Å². The highest BCUT2D eigenvalue weighted by atomic mass is 32.1. The van der Waals surface area contributed by atoms with Crippen LogP contribution in [-0.4, -0.2) is 4.98 Å². The highest BCUT2D eigenvalue weighted by Crippen LogP contribution is 2.27. The van der Waals surface area contributed by atoms with Gasteiger partial charge in [-0.15, -0.1) is 11.3 Å². The lowest BCUT2D eigenvalue weighted by molar-refractivity contribution is 0.307. The van der Waals surface area contributed by atoms with Crippen LogP contribution >= 0.6 is 11.3 Å². The molecule has 168 valence electrons. The number of aromatic nitrogens is 1. The maximum absolute atomic E-state index is 12.4. The van der Waals surface area contributed by atoms with E-state index in [0.29, 0.717) is 16.0 Å². The molecule has 2 aromatic heterocycles. The summed E-state index contributed by atoms with van der Waals surface area (Å²) in [7, 11) is 0. The Kier molecular flexibility index (Phi) is 9.60. The van der Waals surface area contributed by atoms with E-state index in [2.05, 4.69) is 31.0 Å². The molecule has 1 aromatic carbocycles. The van der Waals surface area contributed by atoms with Crippen LogP contribution in [-0.2, 0) is 12.8 Å². The molecule has 0 bridgehead atoms. The third-order valence-corrected chi connectivity index (χ3v) is 6.67. The number of unbranched alkanes of at least 4 members (excludes halogenated alkanes) is 8. The van der Waals surface area contributed by atoms with E-state index in [0.717, 1.165) is 19.3 Å². The lowest BCUT2D eigenvalue weighted by Crippen LogP contribution is -2.01. The van der Waals surface area contributed by atoms with Gasteiger partial charge in [0, 0.05) is 4.88 Å². The molecule has 0 amide bonds. The SMILES string of the molecule is CCCCCCCCCCc1cc2c(=O)oc(Oc3ccc(CCCC)cc3)nc2s1. The minimum Gasteiger partial charge on any atom is -0.411 e. The summed E-state index contributed by atoms with van der Waals surface area (Å²) in [4.78, 5) is 18.7. The molecule has 4 nitrogen and oxygen atoms in total. The standard InChI is InChI=1S/C26H35NO3S/c1-3-5-7-8-9-10-11-12-14-22-19-23-24(31-22)27-26(30-25(23)28)29-21-17-15-20(16-18-21)13-6-4-2/h15-19H,3-14H2,1-2H3. The van der Waals surface area contributed by atoms with Gasteiger partial charge >= 0.3 is 11.7 Å². The first-order valence-electron chi connectivity index (χ1n) is 11.9. The number of aryl methyl sites for hydroxylation is 2. The van der Waals surface area contributed by atoms with Crippen molar-refractivity contribution >= 4 is 21.6 Å². The summed E-state index contributed by atoms with van der Waals surface area (Å²) in [5.41, 5.74) is 0.904. The van der Waals surface area contributed by atoms with Crippen LogP contribution in [0, 0.1) is 0 Å². The fraction of sp³-hybridized carbons (Fsp3) is 0.538. The maximum atomic E-state index is 12.4. The molecule has 0 aliphatic carbocycles. The summed E-state index contributed by atoms with van der Waals surface area (Å²) >= 11 is 1.57. The summed E-state index contributed by atoms with van der Waals surface area (Å²) in [5, 5.41) is 0.557. The van der Waals surface area contributed by atoms with Gasteiger partial charge in [0.15, 0.2) is 0 Å². The van der Waals surface area contributed by atoms with Gasteiger partial charge < -0.3 is 9.15 Å². The van der Waals surface area contributed by atoms with Crippen molar-refractivity contribution in [3.05, 3.63) is 51.2 Å². The highest BCUT2D eigenvalue weighted by molar-refractivity contribution is 7.18. The van der Waals surface area contributed by atoms with Gasteiger partial charge in [-0.3, -0.25) is 0 Å². The number of benzene rings is 1. The molecule has 2 heterocycles. The summed E-state index contributed by atoms with van der Waals surface area (Å²) < 4.78 is 11.0. The predicted molar refractivity (Wildman–Crippen MR) is 130 cm³/mol. The van der Waals surface area contributed by atoms with Gasteiger partial charge in [-0.25, -0.2) is 4.79 Å². The molecular formula is C26H35NO3S. The molecule has 0 saturated carbocycles. The molecule has 0 aliphatic heterocycles. The Morgan fingerprint density at radius 1 is 0.871 bits per heavy atom. The van der Waals surface area contributed by atoms with Crippen molar-refractivity contribution in [1.82, 2.24) is 4.98 Å². The highest BCUT2D eigenvalue weighted by Gasteiger charge is 2.12. The first-order chi connectivity index (χ1) is 15.2. The zero-order valence-corrected chi connectivity index (χ0v) is 19.8. The minimum atomic E-state index is -0.377. The molecule has 0 atom stereocenters. The molecule has 0 spiro atoms. The number of rotatable bonds is 14. The largest absolute Gasteiger partial charge is 0.411 e. The number of fused-ring (bicyclic) bond motifs is 1. The average Bonchev–Trinajstić information content (AvgIpc) is 3.18. The van der Waals surface area contributed by atoms with Crippen molar-refractivity contribution < 1.29 is 9.15 Å². The molecule has 0 radical (unpaired) electrons. The number of nitrogens with zero attached hydrogens (tertiary/aromatic N) is 1. The molecule has 3 rings (SSSR count). The van der Waals surface area contributed by atoms with Crippen LogP contribution < -0.4 is 10.4 Å². The van der Waals surface area contributed by atoms with E-state index in [1.165, 1.54) is 68.2 Å². The van der Waals surface area contributed by atoms with Crippen LogP contribution in [0.2, 0.25) is 0 Å². The predicted octanol–water partition coefficient (Wildman–Crippen LogP) is 8.07. The fourth-order valence-corrected chi connectivity index (χ4v) is 4.75. The first kappa shape index (κ1) is 23.5. The average molecular weight is 442 g/mol. The van der Waals surface area contributed by atoms with Gasteiger partial charge in [0.1, 0.15) is 10.6 Å².